The highest BCUT2D eigenvalue weighted by molar-refractivity contribution is 5.95. The Labute approximate surface area is 164 Å². The Morgan fingerprint density at radius 2 is 1.79 bits per heavy atom. The van der Waals surface area contributed by atoms with Crippen molar-refractivity contribution in [2.45, 2.75) is 6.54 Å². The van der Waals surface area contributed by atoms with Crippen molar-refractivity contribution < 1.29 is 9.53 Å². The number of hydrogen-bond donors (Lipinski definition) is 0. The number of aromatic nitrogens is 3. The van der Waals surface area contributed by atoms with E-state index in [0.717, 1.165) is 31.0 Å². The number of amides is 1. The van der Waals surface area contributed by atoms with Gasteiger partial charge < -0.3 is 9.64 Å². The smallest absolute Gasteiger partial charge is 0.278 e. The van der Waals surface area contributed by atoms with E-state index in [0.29, 0.717) is 24.5 Å². The van der Waals surface area contributed by atoms with Crippen LogP contribution in [0.25, 0.3) is 5.69 Å². The molecule has 0 N–H and O–H groups in total. The van der Waals surface area contributed by atoms with Crippen molar-refractivity contribution in [3.63, 3.8) is 0 Å². The zero-order valence-corrected chi connectivity index (χ0v) is 15.9. The van der Waals surface area contributed by atoms with E-state index in [9.17, 15) is 4.79 Å². The van der Waals surface area contributed by atoms with Gasteiger partial charge in [-0.05, 0) is 24.3 Å². The normalized spacial score (nSPS) is 14.8. The molecule has 1 fully saturated rings. The second kappa shape index (κ2) is 8.22. The van der Waals surface area contributed by atoms with Crippen molar-refractivity contribution in [1.82, 2.24) is 24.6 Å². The van der Waals surface area contributed by atoms with Crippen molar-refractivity contribution in [3.05, 3.63) is 72.3 Å². The molecule has 7 heteroatoms. The Hall–Kier alpha value is -3.19. The van der Waals surface area contributed by atoms with Crippen molar-refractivity contribution >= 4 is 5.91 Å². The van der Waals surface area contributed by atoms with Crippen LogP contribution >= 0.6 is 0 Å². The van der Waals surface area contributed by atoms with Crippen LogP contribution in [0.5, 0.6) is 5.75 Å². The average Bonchev–Trinajstić information content (AvgIpc) is 3.20. The molecule has 144 valence electrons. The first-order valence-electron chi connectivity index (χ1n) is 9.35. The predicted molar refractivity (Wildman–Crippen MR) is 106 cm³/mol. The Balaban J connectivity index is 1.43. The Morgan fingerprint density at radius 3 is 2.46 bits per heavy atom. The van der Waals surface area contributed by atoms with Gasteiger partial charge in [0.15, 0.2) is 11.4 Å². The SMILES string of the molecule is COc1cn(-c2ccccc2)nc1C(=O)N1CCN(Cc2ccccn2)CC1. The number of pyridine rings is 1. The first-order valence-corrected chi connectivity index (χ1v) is 9.35. The third-order valence-corrected chi connectivity index (χ3v) is 4.90. The summed E-state index contributed by atoms with van der Waals surface area (Å²) in [6, 6.07) is 15.6. The third-order valence-electron chi connectivity index (χ3n) is 4.90. The van der Waals surface area contributed by atoms with Gasteiger partial charge in [-0.25, -0.2) is 4.68 Å². The summed E-state index contributed by atoms with van der Waals surface area (Å²) in [5.74, 6) is 0.397. The van der Waals surface area contributed by atoms with E-state index in [4.69, 9.17) is 4.74 Å². The minimum absolute atomic E-state index is 0.0935. The van der Waals surface area contributed by atoms with Gasteiger partial charge in [0.1, 0.15) is 0 Å². The second-order valence-corrected chi connectivity index (χ2v) is 6.72. The Kier molecular flexibility index (Phi) is 5.34. The van der Waals surface area contributed by atoms with Crippen molar-refractivity contribution in [1.29, 1.82) is 0 Å². The topological polar surface area (TPSA) is 63.5 Å². The molecule has 0 unspecified atom stereocenters. The van der Waals surface area contributed by atoms with Crippen LogP contribution in [0.3, 0.4) is 0 Å². The minimum atomic E-state index is -0.0935. The molecule has 1 saturated heterocycles. The number of piperazine rings is 1. The maximum Gasteiger partial charge on any atom is 0.278 e. The van der Waals surface area contributed by atoms with Crippen LogP contribution in [0.15, 0.2) is 60.9 Å². The van der Waals surface area contributed by atoms with Crippen LogP contribution in [0.4, 0.5) is 0 Å². The molecule has 3 heterocycles. The molecular formula is C21H23N5O2. The minimum Gasteiger partial charge on any atom is -0.493 e. The van der Waals surface area contributed by atoms with Crippen molar-refractivity contribution in [2.24, 2.45) is 0 Å². The average molecular weight is 377 g/mol. The molecule has 28 heavy (non-hydrogen) atoms. The van der Waals surface area contributed by atoms with Crippen molar-refractivity contribution in [2.75, 3.05) is 33.3 Å². The van der Waals surface area contributed by atoms with Gasteiger partial charge in [0.2, 0.25) is 0 Å². The fourth-order valence-corrected chi connectivity index (χ4v) is 3.35. The third kappa shape index (κ3) is 3.89. The molecule has 1 aliphatic rings. The molecule has 0 spiro atoms. The highest BCUT2D eigenvalue weighted by Crippen LogP contribution is 2.22. The van der Waals surface area contributed by atoms with E-state index in [-0.39, 0.29) is 5.91 Å². The molecule has 2 aromatic heterocycles. The summed E-state index contributed by atoms with van der Waals surface area (Å²) in [7, 11) is 1.56. The second-order valence-electron chi connectivity index (χ2n) is 6.72. The maximum atomic E-state index is 13.0. The van der Waals surface area contributed by atoms with E-state index in [2.05, 4.69) is 15.0 Å². The highest BCUT2D eigenvalue weighted by Gasteiger charge is 2.27. The molecule has 0 atom stereocenters. The molecule has 0 aliphatic carbocycles. The quantitative estimate of drug-likeness (QED) is 0.682. The molecule has 1 aliphatic heterocycles. The lowest BCUT2D eigenvalue weighted by Gasteiger charge is -2.34. The van der Waals surface area contributed by atoms with E-state index >= 15 is 0 Å². The lowest BCUT2D eigenvalue weighted by atomic mass is 10.2. The number of carbonyl (C=O) groups excluding carboxylic acids is 1. The summed E-state index contributed by atoms with van der Waals surface area (Å²) < 4.78 is 7.09. The molecule has 0 saturated carbocycles. The molecular weight excluding hydrogens is 354 g/mol. The molecule has 0 bridgehead atoms. The van der Waals surface area contributed by atoms with Crippen LogP contribution in [-0.4, -0.2) is 63.8 Å². The van der Waals surface area contributed by atoms with Crippen molar-refractivity contribution in [3.8, 4) is 11.4 Å². The lowest BCUT2D eigenvalue weighted by molar-refractivity contribution is 0.0617. The van der Waals surface area contributed by atoms with Gasteiger partial charge in [0.25, 0.3) is 5.91 Å². The van der Waals surface area contributed by atoms with Gasteiger partial charge in [-0.3, -0.25) is 14.7 Å². The van der Waals surface area contributed by atoms with Crippen LogP contribution < -0.4 is 4.74 Å². The van der Waals surface area contributed by atoms with Gasteiger partial charge in [0.05, 0.1) is 24.7 Å². The number of rotatable bonds is 5. The van der Waals surface area contributed by atoms with E-state index in [1.165, 1.54) is 0 Å². The molecule has 1 aromatic carbocycles. The van der Waals surface area contributed by atoms with Gasteiger partial charge in [0, 0.05) is 38.9 Å². The fourth-order valence-electron chi connectivity index (χ4n) is 3.35. The highest BCUT2D eigenvalue weighted by atomic mass is 16.5. The number of hydrogen-bond acceptors (Lipinski definition) is 5. The summed E-state index contributed by atoms with van der Waals surface area (Å²) >= 11 is 0. The molecule has 3 aromatic rings. The first-order chi connectivity index (χ1) is 13.7. The van der Waals surface area contributed by atoms with Crippen LogP contribution in [0, 0.1) is 0 Å². The number of methoxy groups -OCH3 is 1. The zero-order valence-electron chi connectivity index (χ0n) is 15.9. The van der Waals surface area contributed by atoms with Gasteiger partial charge >= 0.3 is 0 Å². The first kappa shape index (κ1) is 18.2. The summed E-state index contributed by atoms with van der Waals surface area (Å²) in [5, 5.41) is 4.49. The summed E-state index contributed by atoms with van der Waals surface area (Å²) in [4.78, 5) is 21.6. The van der Waals surface area contributed by atoms with E-state index in [1.54, 1.807) is 18.0 Å². The van der Waals surface area contributed by atoms with Crippen LogP contribution in [-0.2, 0) is 6.54 Å². The fraction of sp³-hybridized carbons (Fsp3) is 0.286. The van der Waals surface area contributed by atoms with E-state index in [1.807, 2.05) is 59.6 Å². The van der Waals surface area contributed by atoms with Gasteiger partial charge in [-0.1, -0.05) is 24.3 Å². The van der Waals surface area contributed by atoms with Crippen LogP contribution in [0.1, 0.15) is 16.2 Å². The molecule has 4 rings (SSSR count). The van der Waals surface area contributed by atoms with Gasteiger partial charge in [-0.2, -0.15) is 5.10 Å². The number of nitrogens with zero attached hydrogens (tertiary/aromatic N) is 5. The largest absolute Gasteiger partial charge is 0.493 e. The summed E-state index contributed by atoms with van der Waals surface area (Å²) in [6.07, 6.45) is 3.56. The summed E-state index contributed by atoms with van der Waals surface area (Å²) in [6.45, 7) is 3.74. The zero-order chi connectivity index (χ0) is 19.3. The summed E-state index contributed by atoms with van der Waals surface area (Å²) in [5.41, 5.74) is 2.29. The molecule has 7 nitrogen and oxygen atoms in total. The maximum absolute atomic E-state index is 13.0. The predicted octanol–water partition coefficient (Wildman–Crippen LogP) is 2.23. The number of ether oxygens (including phenoxy) is 1. The van der Waals surface area contributed by atoms with Crippen LogP contribution in [0.2, 0.25) is 0 Å². The lowest BCUT2D eigenvalue weighted by Crippen LogP contribution is -2.48. The van der Waals surface area contributed by atoms with E-state index < -0.39 is 0 Å². The molecule has 1 amide bonds. The number of para-hydroxylation sites is 1. The Morgan fingerprint density at radius 1 is 1.04 bits per heavy atom. The van der Waals surface area contributed by atoms with Gasteiger partial charge in [-0.15, -0.1) is 0 Å². The Bertz CT molecular complexity index is 918. The molecule has 0 radical (unpaired) electrons. The number of benzene rings is 1. The monoisotopic (exact) mass is 377 g/mol. The standard InChI is InChI=1S/C21H23N5O2/c1-28-19-16-26(18-8-3-2-4-9-18)23-20(19)21(27)25-13-11-24(12-14-25)15-17-7-5-6-10-22-17/h2-10,16H,11-15H2,1H3. The number of carbonyl (C=O) groups is 1.